The van der Waals surface area contributed by atoms with Gasteiger partial charge in [0.05, 0.1) is 23.4 Å². The summed E-state index contributed by atoms with van der Waals surface area (Å²) in [4.78, 5) is 19.2. The molecule has 146 valence electrons. The van der Waals surface area contributed by atoms with E-state index in [9.17, 15) is 4.79 Å². The number of carbonyl (C=O) groups is 1. The highest BCUT2D eigenvalue weighted by Gasteiger charge is 2.20. The Morgan fingerprint density at radius 2 is 1.79 bits per heavy atom. The summed E-state index contributed by atoms with van der Waals surface area (Å²) in [6.07, 6.45) is 1.99. The van der Waals surface area contributed by atoms with E-state index in [-0.39, 0.29) is 5.91 Å². The van der Waals surface area contributed by atoms with Crippen LogP contribution in [0, 0.1) is 0 Å². The lowest BCUT2D eigenvalue weighted by molar-refractivity contribution is 0.0730. The quantitative estimate of drug-likeness (QED) is 0.437. The average Bonchev–Trinajstić information content (AvgIpc) is 3.44. The van der Waals surface area contributed by atoms with Crippen molar-refractivity contribution in [2.24, 2.45) is 0 Å². The lowest BCUT2D eigenvalue weighted by Crippen LogP contribution is -2.32. The number of furan rings is 1. The monoisotopic (exact) mass is 407 g/mol. The summed E-state index contributed by atoms with van der Waals surface area (Å²) in [5.74, 6) is 1.48. The Labute approximate surface area is 172 Å². The average molecular weight is 408 g/mol. The number of hydrogen-bond acceptors (Lipinski definition) is 5. The van der Waals surface area contributed by atoms with Gasteiger partial charge in [-0.15, -0.1) is 0 Å². The Balaban J connectivity index is 1.51. The van der Waals surface area contributed by atoms with Gasteiger partial charge in [0.25, 0.3) is 5.91 Å². The molecule has 0 saturated heterocycles. The standard InChI is InChI=1S/C22H18ClN3O3/c23-19-11-5-4-10-18(19)22(27)26(15-17-9-6-14-28-17)13-12-20-24-21(25-29-20)16-7-2-1-3-8-16/h1-11,14H,12-13,15H2. The number of nitrogens with zero attached hydrogens (tertiary/aromatic N) is 3. The molecular formula is C22H18ClN3O3. The third kappa shape index (κ3) is 4.55. The van der Waals surface area contributed by atoms with Gasteiger partial charge >= 0.3 is 0 Å². The molecule has 0 spiro atoms. The van der Waals surface area contributed by atoms with E-state index in [4.69, 9.17) is 20.5 Å². The van der Waals surface area contributed by atoms with E-state index >= 15 is 0 Å². The number of halogens is 1. The highest BCUT2D eigenvalue weighted by atomic mass is 35.5. The molecule has 0 unspecified atom stereocenters. The molecule has 0 aliphatic carbocycles. The van der Waals surface area contributed by atoms with Gasteiger partial charge in [-0.05, 0) is 24.3 Å². The molecule has 0 bridgehead atoms. The first-order valence-electron chi connectivity index (χ1n) is 9.15. The normalized spacial score (nSPS) is 10.8. The number of amides is 1. The summed E-state index contributed by atoms with van der Waals surface area (Å²) in [5.41, 5.74) is 1.32. The molecule has 0 saturated carbocycles. The Kier molecular flexibility index (Phi) is 5.72. The van der Waals surface area contributed by atoms with Crippen molar-refractivity contribution < 1.29 is 13.7 Å². The summed E-state index contributed by atoms with van der Waals surface area (Å²) in [7, 11) is 0. The van der Waals surface area contributed by atoms with E-state index in [1.54, 1.807) is 41.5 Å². The fraction of sp³-hybridized carbons (Fsp3) is 0.136. The van der Waals surface area contributed by atoms with Crippen molar-refractivity contribution in [3.8, 4) is 11.4 Å². The molecule has 0 aliphatic heterocycles. The summed E-state index contributed by atoms with van der Waals surface area (Å²) in [6, 6.07) is 20.2. The molecule has 2 heterocycles. The largest absolute Gasteiger partial charge is 0.467 e. The van der Waals surface area contributed by atoms with Crippen LogP contribution in [0.4, 0.5) is 0 Å². The molecule has 0 radical (unpaired) electrons. The van der Waals surface area contributed by atoms with Gasteiger partial charge in [-0.25, -0.2) is 0 Å². The van der Waals surface area contributed by atoms with Crippen LogP contribution >= 0.6 is 11.6 Å². The molecule has 0 aliphatic rings. The third-order valence-corrected chi connectivity index (χ3v) is 4.74. The molecule has 4 aromatic rings. The van der Waals surface area contributed by atoms with Crippen molar-refractivity contribution in [2.75, 3.05) is 6.54 Å². The van der Waals surface area contributed by atoms with Crippen molar-refractivity contribution in [2.45, 2.75) is 13.0 Å². The van der Waals surface area contributed by atoms with Crippen molar-refractivity contribution >= 4 is 17.5 Å². The fourth-order valence-electron chi connectivity index (χ4n) is 2.94. The molecule has 0 atom stereocenters. The van der Waals surface area contributed by atoms with Crippen LogP contribution in [-0.4, -0.2) is 27.5 Å². The van der Waals surface area contributed by atoms with Crippen LogP contribution in [-0.2, 0) is 13.0 Å². The Morgan fingerprint density at radius 1 is 1.00 bits per heavy atom. The fourth-order valence-corrected chi connectivity index (χ4v) is 3.16. The molecular weight excluding hydrogens is 390 g/mol. The van der Waals surface area contributed by atoms with Gasteiger partial charge in [0.1, 0.15) is 5.76 Å². The van der Waals surface area contributed by atoms with E-state index < -0.39 is 0 Å². The van der Waals surface area contributed by atoms with Crippen LogP contribution in [0.1, 0.15) is 22.0 Å². The van der Waals surface area contributed by atoms with Crippen molar-refractivity contribution in [1.29, 1.82) is 0 Å². The number of carbonyl (C=O) groups excluding carboxylic acids is 1. The van der Waals surface area contributed by atoms with Crippen LogP contribution in [0.3, 0.4) is 0 Å². The van der Waals surface area contributed by atoms with Crippen molar-refractivity contribution in [3.63, 3.8) is 0 Å². The van der Waals surface area contributed by atoms with Crippen LogP contribution in [0.2, 0.25) is 5.02 Å². The second-order valence-electron chi connectivity index (χ2n) is 6.41. The Morgan fingerprint density at radius 3 is 2.55 bits per heavy atom. The van der Waals surface area contributed by atoms with E-state index in [1.165, 1.54) is 0 Å². The van der Waals surface area contributed by atoms with E-state index in [0.29, 0.717) is 47.6 Å². The SMILES string of the molecule is O=C(c1ccccc1Cl)N(CCc1nc(-c2ccccc2)no1)Cc1ccco1. The Bertz CT molecular complexity index is 1080. The van der Waals surface area contributed by atoms with Gasteiger partial charge < -0.3 is 13.8 Å². The molecule has 7 heteroatoms. The van der Waals surface area contributed by atoms with E-state index in [1.807, 2.05) is 36.4 Å². The minimum absolute atomic E-state index is 0.185. The summed E-state index contributed by atoms with van der Waals surface area (Å²) in [5, 5.41) is 4.44. The van der Waals surface area contributed by atoms with Gasteiger partial charge in [0.2, 0.25) is 11.7 Å². The number of benzene rings is 2. The first-order chi connectivity index (χ1) is 14.2. The Hall–Kier alpha value is -3.38. The minimum Gasteiger partial charge on any atom is -0.467 e. The highest BCUT2D eigenvalue weighted by Crippen LogP contribution is 2.20. The summed E-state index contributed by atoms with van der Waals surface area (Å²) >= 11 is 6.22. The maximum absolute atomic E-state index is 13.1. The van der Waals surface area contributed by atoms with Crippen LogP contribution in [0.15, 0.2) is 81.9 Å². The van der Waals surface area contributed by atoms with Gasteiger partial charge in [-0.3, -0.25) is 4.79 Å². The predicted octanol–water partition coefficient (Wildman–Crippen LogP) is 4.87. The van der Waals surface area contributed by atoms with E-state index in [2.05, 4.69) is 10.1 Å². The number of aromatic nitrogens is 2. The van der Waals surface area contributed by atoms with Crippen molar-refractivity contribution in [1.82, 2.24) is 15.0 Å². The molecule has 0 fully saturated rings. The van der Waals surface area contributed by atoms with Gasteiger partial charge in [0, 0.05) is 18.5 Å². The first kappa shape index (κ1) is 19.0. The predicted molar refractivity (Wildman–Crippen MR) is 108 cm³/mol. The molecule has 1 amide bonds. The first-order valence-corrected chi connectivity index (χ1v) is 9.52. The van der Waals surface area contributed by atoms with Gasteiger partial charge in [-0.1, -0.05) is 59.2 Å². The maximum Gasteiger partial charge on any atom is 0.255 e. The highest BCUT2D eigenvalue weighted by molar-refractivity contribution is 6.33. The zero-order chi connectivity index (χ0) is 20.1. The molecule has 2 aromatic heterocycles. The third-order valence-electron chi connectivity index (χ3n) is 4.41. The molecule has 6 nitrogen and oxygen atoms in total. The summed E-state index contributed by atoms with van der Waals surface area (Å²) in [6.45, 7) is 0.692. The topological polar surface area (TPSA) is 72.4 Å². The summed E-state index contributed by atoms with van der Waals surface area (Å²) < 4.78 is 10.8. The molecule has 4 rings (SSSR count). The zero-order valence-electron chi connectivity index (χ0n) is 15.5. The number of hydrogen-bond donors (Lipinski definition) is 0. The van der Waals surface area contributed by atoms with Crippen LogP contribution in [0.5, 0.6) is 0 Å². The van der Waals surface area contributed by atoms with Crippen molar-refractivity contribution in [3.05, 3.63) is 95.2 Å². The second kappa shape index (κ2) is 8.75. The van der Waals surface area contributed by atoms with Gasteiger partial charge in [0.15, 0.2) is 0 Å². The molecule has 2 aromatic carbocycles. The minimum atomic E-state index is -0.185. The number of rotatable bonds is 7. The van der Waals surface area contributed by atoms with E-state index in [0.717, 1.165) is 5.56 Å². The maximum atomic E-state index is 13.1. The molecule has 29 heavy (non-hydrogen) atoms. The van der Waals surface area contributed by atoms with Crippen LogP contribution < -0.4 is 0 Å². The molecule has 0 N–H and O–H groups in total. The zero-order valence-corrected chi connectivity index (χ0v) is 16.2. The smallest absolute Gasteiger partial charge is 0.255 e. The van der Waals surface area contributed by atoms with Crippen LogP contribution in [0.25, 0.3) is 11.4 Å². The lowest BCUT2D eigenvalue weighted by atomic mass is 10.2. The lowest BCUT2D eigenvalue weighted by Gasteiger charge is -2.21. The van der Waals surface area contributed by atoms with Gasteiger partial charge in [-0.2, -0.15) is 4.98 Å². The second-order valence-corrected chi connectivity index (χ2v) is 6.82.